The Morgan fingerprint density at radius 1 is 1.39 bits per heavy atom. The summed E-state index contributed by atoms with van der Waals surface area (Å²) in [6.45, 7) is 0. The van der Waals surface area contributed by atoms with Gasteiger partial charge in [0.15, 0.2) is 0 Å². The lowest BCUT2D eigenvalue weighted by atomic mass is 10.2. The number of benzene rings is 1. The minimum atomic E-state index is -0.688. The van der Waals surface area contributed by atoms with Crippen molar-refractivity contribution in [3.63, 3.8) is 0 Å². The van der Waals surface area contributed by atoms with Crippen LogP contribution in [0.4, 0.5) is 0 Å². The van der Waals surface area contributed by atoms with E-state index in [1.807, 2.05) is 24.3 Å². The van der Waals surface area contributed by atoms with Gasteiger partial charge in [0.05, 0.1) is 30.0 Å². The quantitative estimate of drug-likeness (QED) is 0.453. The molecule has 0 unspecified atom stereocenters. The molecule has 1 aromatic carbocycles. The molecule has 0 aliphatic carbocycles. The van der Waals surface area contributed by atoms with Gasteiger partial charge in [0, 0.05) is 0 Å². The summed E-state index contributed by atoms with van der Waals surface area (Å²) in [6, 6.07) is 9.12. The van der Waals surface area contributed by atoms with Crippen molar-refractivity contribution in [3.8, 4) is 6.07 Å². The Morgan fingerprint density at radius 2 is 2.11 bits per heavy atom. The maximum atomic E-state index is 11.2. The van der Waals surface area contributed by atoms with Crippen LogP contribution in [-0.2, 0) is 9.53 Å². The largest absolute Gasteiger partial charge is 0.465 e. The molecular weight excluding hydrogens is 230 g/mol. The van der Waals surface area contributed by atoms with Gasteiger partial charge >= 0.3 is 5.97 Å². The number of methoxy groups -OCH3 is 1. The molecule has 5 heteroatoms. The van der Waals surface area contributed by atoms with Crippen molar-refractivity contribution < 1.29 is 9.53 Å². The van der Waals surface area contributed by atoms with Crippen molar-refractivity contribution in [3.05, 3.63) is 41.7 Å². The molecule has 0 amide bonds. The summed E-state index contributed by atoms with van der Waals surface area (Å²) in [5.74, 6) is -0.688. The first-order valence-electron chi connectivity index (χ1n) is 5.16. The van der Waals surface area contributed by atoms with Gasteiger partial charge in [0.2, 0.25) is 0 Å². The molecule has 2 rings (SSSR count). The first-order valence-corrected chi connectivity index (χ1v) is 5.16. The van der Waals surface area contributed by atoms with Gasteiger partial charge in [-0.2, -0.15) is 5.26 Å². The average molecular weight is 239 g/mol. The van der Waals surface area contributed by atoms with E-state index in [0.717, 1.165) is 5.52 Å². The van der Waals surface area contributed by atoms with E-state index in [9.17, 15) is 4.79 Å². The zero-order chi connectivity index (χ0) is 13.0. The fourth-order valence-corrected chi connectivity index (χ4v) is 1.44. The Hall–Kier alpha value is -2.74. The van der Waals surface area contributed by atoms with Gasteiger partial charge in [-0.15, -0.1) is 0 Å². The van der Waals surface area contributed by atoms with Gasteiger partial charge in [-0.1, -0.05) is 12.1 Å². The predicted octanol–water partition coefficient (Wildman–Crippen LogP) is 1.71. The van der Waals surface area contributed by atoms with Crippen molar-refractivity contribution in [1.82, 2.24) is 9.97 Å². The molecule has 0 bridgehead atoms. The lowest BCUT2D eigenvalue weighted by Crippen LogP contribution is -2.03. The van der Waals surface area contributed by atoms with Crippen LogP contribution in [0.2, 0.25) is 0 Å². The molecule has 0 saturated heterocycles. The highest BCUT2D eigenvalue weighted by molar-refractivity contribution is 5.97. The van der Waals surface area contributed by atoms with Gasteiger partial charge in [-0.25, -0.2) is 9.78 Å². The van der Waals surface area contributed by atoms with E-state index < -0.39 is 5.97 Å². The zero-order valence-electron chi connectivity index (χ0n) is 9.62. The summed E-state index contributed by atoms with van der Waals surface area (Å²) in [5.41, 5.74) is 1.79. The van der Waals surface area contributed by atoms with Crippen molar-refractivity contribution in [2.24, 2.45) is 0 Å². The molecule has 0 atom stereocenters. The van der Waals surface area contributed by atoms with Crippen molar-refractivity contribution in [2.75, 3.05) is 7.11 Å². The maximum Gasteiger partial charge on any atom is 0.348 e. The minimum absolute atomic E-state index is 0.109. The molecule has 2 aromatic rings. The molecule has 1 aromatic heterocycles. The monoisotopic (exact) mass is 239 g/mol. The van der Waals surface area contributed by atoms with Crippen LogP contribution in [-0.4, -0.2) is 23.0 Å². The van der Waals surface area contributed by atoms with Crippen LogP contribution >= 0.6 is 0 Å². The third-order valence-corrected chi connectivity index (χ3v) is 2.29. The predicted molar refractivity (Wildman–Crippen MR) is 65.1 cm³/mol. The minimum Gasteiger partial charge on any atom is -0.465 e. The zero-order valence-corrected chi connectivity index (χ0v) is 9.62. The Balaban J connectivity index is 2.46. The molecular formula is C13H9N3O2. The van der Waals surface area contributed by atoms with Crippen molar-refractivity contribution in [1.29, 1.82) is 5.26 Å². The normalized spacial score (nSPS) is 11.0. The molecule has 0 spiro atoms. The first-order chi connectivity index (χ1) is 8.74. The average Bonchev–Trinajstić information content (AvgIpc) is 2.43. The number of carbonyl (C=O) groups is 1. The van der Waals surface area contributed by atoms with E-state index in [1.54, 1.807) is 6.07 Å². The second-order valence-electron chi connectivity index (χ2n) is 3.44. The third kappa shape index (κ3) is 2.33. The Labute approximate surface area is 103 Å². The number of esters is 1. The summed E-state index contributed by atoms with van der Waals surface area (Å²) < 4.78 is 4.49. The number of aromatic nitrogens is 2. The Kier molecular flexibility index (Phi) is 3.30. The molecule has 0 N–H and O–H groups in total. The van der Waals surface area contributed by atoms with Crippen LogP contribution in [0.5, 0.6) is 0 Å². The highest BCUT2D eigenvalue weighted by Crippen LogP contribution is 2.11. The van der Waals surface area contributed by atoms with Crippen LogP contribution in [0, 0.1) is 11.3 Å². The number of hydrogen-bond acceptors (Lipinski definition) is 5. The molecule has 0 aliphatic heterocycles. The summed E-state index contributed by atoms with van der Waals surface area (Å²) in [4.78, 5) is 19.7. The van der Waals surface area contributed by atoms with Crippen LogP contribution in [0.3, 0.4) is 0 Å². The number of nitriles is 1. The number of hydrogen-bond donors (Lipinski definition) is 0. The smallest absolute Gasteiger partial charge is 0.348 e. The molecule has 0 aliphatic rings. The van der Waals surface area contributed by atoms with Gasteiger partial charge in [-0.05, 0) is 18.2 Å². The van der Waals surface area contributed by atoms with Gasteiger partial charge in [-0.3, -0.25) is 4.98 Å². The standard InChI is InChI=1S/C13H9N3O2/c1-18-13(17)9(7-14)6-10-8-15-11-4-2-3-5-12(11)16-10/h2-6,8H,1H3/b9-6+. The number of para-hydroxylation sites is 2. The van der Waals surface area contributed by atoms with Crippen LogP contribution in [0.1, 0.15) is 5.69 Å². The number of carbonyl (C=O) groups excluding carboxylic acids is 1. The molecule has 0 fully saturated rings. The van der Waals surface area contributed by atoms with Crippen LogP contribution in [0.15, 0.2) is 36.0 Å². The number of ether oxygens (including phenoxy) is 1. The van der Waals surface area contributed by atoms with E-state index in [1.165, 1.54) is 19.4 Å². The Morgan fingerprint density at radius 3 is 2.78 bits per heavy atom. The van der Waals surface area contributed by atoms with E-state index in [2.05, 4.69) is 14.7 Å². The van der Waals surface area contributed by atoms with Crippen LogP contribution in [0.25, 0.3) is 17.1 Å². The summed E-state index contributed by atoms with van der Waals surface area (Å²) in [5, 5.41) is 8.83. The summed E-state index contributed by atoms with van der Waals surface area (Å²) in [7, 11) is 1.22. The fourth-order valence-electron chi connectivity index (χ4n) is 1.44. The van der Waals surface area contributed by atoms with E-state index in [0.29, 0.717) is 11.2 Å². The first kappa shape index (κ1) is 11.7. The lowest BCUT2D eigenvalue weighted by Gasteiger charge is -1.99. The lowest BCUT2D eigenvalue weighted by molar-refractivity contribution is -0.135. The van der Waals surface area contributed by atoms with Crippen molar-refractivity contribution in [2.45, 2.75) is 0 Å². The van der Waals surface area contributed by atoms with Gasteiger partial charge in [0.1, 0.15) is 11.6 Å². The molecule has 88 valence electrons. The highest BCUT2D eigenvalue weighted by atomic mass is 16.5. The molecule has 5 nitrogen and oxygen atoms in total. The highest BCUT2D eigenvalue weighted by Gasteiger charge is 2.09. The third-order valence-electron chi connectivity index (χ3n) is 2.29. The fraction of sp³-hybridized carbons (Fsp3) is 0.0769. The van der Waals surface area contributed by atoms with E-state index in [-0.39, 0.29) is 5.57 Å². The maximum absolute atomic E-state index is 11.2. The molecule has 0 radical (unpaired) electrons. The molecule has 0 saturated carbocycles. The molecule has 18 heavy (non-hydrogen) atoms. The topological polar surface area (TPSA) is 75.9 Å². The summed E-state index contributed by atoms with van der Waals surface area (Å²) >= 11 is 0. The van der Waals surface area contributed by atoms with Crippen molar-refractivity contribution >= 4 is 23.1 Å². The van der Waals surface area contributed by atoms with Gasteiger partial charge < -0.3 is 4.74 Å². The second kappa shape index (κ2) is 5.06. The second-order valence-corrected chi connectivity index (χ2v) is 3.44. The van der Waals surface area contributed by atoms with Crippen LogP contribution < -0.4 is 0 Å². The van der Waals surface area contributed by atoms with E-state index >= 15 is 0 Å². The number of rotatable bonds is 2. The number of fused-ring (bicyclic) bond motifs is 1. The molecule has 1 heterocycles. The number of nitrogens with zero attached hydrogens (tertiary/aromatic N) is 3. The summed E-state index contributed by atoms with van der Waals surface area (Å²) in [6.07, 6.45) is 2.86. The van der Waals surface area contributed by atoms with Gasteiger partial charge in [0.25, 0.3) is 0 Å². The Bertz CT molecular complexity index is 671. The van der Waals surface area contributed by atoms with E-state index in [4.69, 9.17) is 5.26 Å². The SMILES string of the molecule is COC(=O)/C(C#N)=C/c1cnc2ccccc2n1.